The van der Waals surface area contributed by atoms with E-state index in [9.17, 15) is 0 Å². The Morgan fingerprint density at radius 3 is 2.50 bits per heavy atom. The van der Waals surface area contributed by atoms with Crippen LogP contribution in [0.1, 0.15) is 26.7 Å². The Kier molecular flexibility index (Phi) is 3.13. The molecule has 0 aromatic carbocycles. The number of rotatable bonds is 3. The molecule has 2 N–H and O–H groups in total. The maximum atomic E-state index is 5.85. The van der Waals surface area contributed by atoms with Crippen LogP contribution in [0.3, 0.4) is 0 Å². The standard InChI is InChI=1S/C10H22N2/c1-9(2)6-10(7-11)4-5-12(3)8-10/h9H,4-8,11H2,1-3H3. The molecule has 1 unspecified atom stereocenters. The Labute approximate surface area is 76.1 Å². The third-order valence-electron chi connectivity index (χ3n) is 2.90. The second-order valence-electron chi connectivity index (χ2n) is 4.79. The normalized spacial score (nSPS) is 31.8. The van der Waals surface area contributed by atoms with E-state index in [1.54, 1.807) is 0 Å². The number of likely N-dealkylation sites (tertiary alicyclic amines) is 1. The van der Waals surface area contributed by atoms with Crippen molar-refractivity contribution in [3.05, 3.63) is 0 Å². The van der Waals surface area contributed by atoms with Gasteiger partial charge in [0.1, 0.15) is 0 Å². The maximum absolute atomic E-state index is 5.85. The summed E-state index contributed by atoms with van der Waals surface area (Å²) in [5, 5.41) is 0. The van der Waals surface area contributed by atoms with E-state index in [4.69, 9.17) is 5.73 Å². The van der Waals surface area contributed by atoms with Crippen molar-refractivity contribution in [3.63, 3.8) is 0 Å². The minimum Gasteiger partial charge on any atom is -0.330 e. The van der Waals surface area contributed by atoms with Crippen molar-refractivity contribution in [1.82, 2.24) is 4.90 Å². The molecule has 0 aromatic rings. The lowest BCUT2D eigenvalue weighted by Crippen LogP contribution is -2.34. The highest BCUT2D eigenvalue weighted by Crippen LogP contribution is 2.34. The van der Waals surface area contributed by atoms with Gasteiger partial charge >= 0.3 is 0 Å². The van der Waals surface area contributed by atoms with Crippen molar-refractivity contribution in [3.8, 4) is 0 Å². The molecule has 0 radical (unpaired) electrons. The Balaban J connectivity index is 2.52. The van der Waals surface area contributed by atoms with Gasteiger partial charge in [0, 0.05) is 6.54 Å². The first-order chi connectivity index (χ1) is 5.58. The van der Waals surface area contributed by atoms with Crippen LogP contribution < -0.4 is 5.73 Å². The molecular weight excluding hydrogens is 148 g/mol. The molecule has 0 saturated carbocycles. The van der Waals surface area contributed by atoms with Crippen molar-refractivity contribution in [2.75, 3.05) is 26.7 Å². The molecule has 1 rings (SSSR count). The predicted molar refractivity (Wildman–Crippen MR) is 53.1 cm³/mol. The molecule has 72 valence electrons. The van der Waals surface area contributed by atoms with Gasteiger partial charge in [-0.05, 0) is 44.3 Å². The lowest BCUT2D eigenvalue weighted by atomic mass is 9.79. The van der Waals surface area contributed by atoms with Crippen molar-refractivity contribution in [2.24, 2.45) is 17.1 Å². The lowest BCUT2D eigenvalue weighted by molar-refractivity contribution is 0.238. The fourth-order valence-corrected chi connectivity index (χ4v) is 2.44. The van der Waals surface area contributed by atoms with Gasteiger partial charge in [-0.15, -0.1) is 0 Å². The van der Waals surface area contributed by atoms with Crippen LogP contribution in [0.5, 0.6) is 0 Å². The van der Waals surface area contributed by atoms with Crippen LogP contribution in [-0.2, 0) is 0 Å². The quantitative estimate of drug-likeness (QED) is 0.692. The maximum Gasteiger partial charge on any atom is 0.00476 e. The van der Waals surface area contributed by atoms with Gasteiger partial charge in [-0.1, -0.05) is 13.8 Å². The molecule has 0 spiro atoms. The van der Waals surface area contributed by atoms with Gasteiger partial charge in [-0.3, -0.25) is 0 Å². The van der Waals surface area contributed by atoms with Gasteiger partial charge in [-0.25, -0.2) is 0 Å². The highest BCUT2D eigenvalue weighted by Gasteiger charge is 2.35. The Bertz CT molecular complexity index is 145. The van der Waals surface area contributed by atoms with Crippen LogP contribution >= 0.6 is 0 Å². The molecule has 2 heteroatoms. The summed E-state index contributed by atoms with van der Waals surface area (Å²) in [5.41, 5.74) is 6.29. The third-order valence-corrected chi connectivity index (χ3v) is 2.90. The second kappa shape index (κ2) is 3.75. The van der Waals surface area contributed by atoms with Crippen LogP contribution in [0.2, 0.25) is 0 Å². The molecule has 0 amide bonds. The molecular formula is C10H22N2. The van der Waals surface area contributed by atoms with Gasteiger partial charge in [0.2, 0.25) is 0 Å². The highest BCUT2D eigenvalue weighted by atomic mass is 15.1. The highest BCUT2D eigenvalue weighted by molar-refractivity contribution is 4.90. The van der Waals surface area contributed by atoms with E-state index in [0.717, 1.165) is 12.5 Å². The van der Waals surface area contributed by atoms with Crippen LogP contribution in [0.25, 0.3) is 0 Å². The molecule has 1 atom stereocenters. The zero-order chi connectivity index (χ0) is 9.19. The average molecular weight is 170 g/mol. The van der Waals surface area contributed by atoms with Crippen molar-refractivity contribution >= 4 is 0 Å². The first kappa shape index (κ1) is 10.0. The average Bonchev–Trinajstić information content (AvgIpc) is 2.32. The van der Waals surface area contributed by atoms with Crippen molar-refractivity contribution < 1.29 is 0 Å². The molecule has 0 aliphatic carbocycles. The third kappa shape index (κ3) is 2.20. The number of hydrogen-bond acceptors (Lipinski definition) is 2. The van der Waals surface area contributed by atoms with E-state index in [1.165, 1.54) is 25.9 Å². The monoisotopic (exact) mass is 170 g/mol. The molecule has 12 heavy (non-hydrogen) atoms. The van der Waals surface area contributed by atoms with Crippen LogP contribution in [0.4, 0.5) is 0 Å². The largest absolute Gasteiger partial charge is 0.330 e. The summed E-state index contributed by atoms with van der Waals surface area (Å²) in [6.07, 6.45) is 2.58. The lowest BCUT2D eigenvalue weighted by Gasteiger charge is -2.29. The van der Waals surface area contributed by atoms with Gasteiger partial charge in [-0.2, -0.15) is 0 Å². The topological polar surface area (TPSA) is 29.3 Å². The van der Waals surface area contributed by atoms with E-state index in [2.05, 4.69) is 25.8 Å². The summed E-state index contributed by atoms with van der Waals surface area (Å²) in [4.78, 5) is 2.40. The Morgan fingerprint density at radius 2 is 2.17 bits per heavy atom. The minimum absolute atomic E-state index is 0.433. The summed E-state index contributed by atoms with van der Waals surface area (Å²) in [6, 6.07) is 0. The Hall–Kier alpha value is -0.0800. The van der Waals surface area contributed by atoms with E-state index in [-0.39, 0.29) is 0 Å². The Morgan fingerprint density at radius 1 is 1.50 bits per heavy atom. The summed E-state index contributed by atoms with van der Waals surface area (Å²) in [6.45, 7) is 7.85. The molecule has 1 heterocycles. The first-order valence-electron chi connectivity index (χ1n) is 4.97. The van der Waals surface area contributed by atoms with Gasteiger partial charge < -0.3 is 10.6 Å². The van der Waals surface area contributed by atoms with Crippen LogP contribution in [0.15, 0.2) is 0 Å². The summed E-state index contributed by atoms with van der Waals surface area (Å²) in [5.74, 6) is 0.778. The molecule has 0 bridgehead atoms. The van der Waals surface area contributed by atoms with E-state index in [0.29, 0.717) is 5.41 Å². The second-order valence-corrected chi connectivity index (χ2v) is 4.79. The van der Waals surface area contributed by atoms with Gasteiger partial charge in [0.25, 0.3) is 0 Å². The van der Waals surface area contributed by atoms with Gasteiger partial charge in [0.05, 0.1) is 0 Å². The van der Waals surface area contributed by atoms with E-state index >= 15 is 0 Å². The SMILES string of the molecule is CC(C)CC1(CN)CCN(C)C1. The fourth-order valence-electron chi connectivity index (χ4n) is 2.44. The predicted octanol–water partition coefficient (Wildman–Crippen LogP) is 1.31. The number of nitrogens with zero attached hydrogens (tertiary/aromatic N) is 1. The molecule has 1 fully saturated rings. The van der Waals surface area contributed by atoms with Gasteiger partial charge in [0.15, 0.2) is 0 Å². The minimum atomic E-state index is 0.433. The zero-order valence-corrected chi connectivity index (χ0v) is 8.64. The number of hydrogen-bond donors (Lipinski definition) is 1. The van der Waals surface area contributed by atoms with E-state index in [1.807, 2.05) is 0 Å². The number of nitrogens with two attached hydrogens (primary N) is 1. The molecule has 1 aliphatic heterocycles. The molecule has 0 aromatic heterocycles. The fraction of sp³-hybridized carbons (Fsp3) is 1.00. The summed E-state index contributed by atoms with van der Waals surface area (Å²) < 4.78 is 0. The van der Waals surface area contributed by atoms with Crippen molar-refractivity contribution in [1.29, 1.82) is 0 Å². The summed E-state index contributed by atoms with van der Waals surface area (Å²) in [7, 11) is 2.19. The molecule has 1 aliphatic rings. The first-order valence-corrected chi connectivity index (χ1v) is 4.97. The van der Waals surface area contributed by atoms with E-state index < -0.39 is 0 Å². The van der Waals surface area contributed by atoms with Crippen LogP contribution in [-0.4, -0.2) is 31.6 Å². The smallest absolute Gasteiger partial charge is 0.00476 e. The zero-order valence-electron chi connectivity index (χ0n) is 8.64. The van der Waals surface area contributed by atoms with Crippen molar-refractivity contribution in [2.45, 2.75) is 26.7 Å². The summed E-state index contributed by atoms with van der Waals surface area (Å²) >= 11 is 0. The molecule has 2 nitrogen and oxygen atoms in total. The molecule has 1 saturated heterocycles. The van der Waals surface area contributed by atoms with Crippen LogP contribution in [0, 0.1) is 11.3 Å².